The highest BCUT2D eigenvalue weighted by molar-refractivity contribution is 7.09. The Kier molecular flexibility index (Phi) is 5.58. The Labute approximate surface area is 149 Å². The molecule has 1 amide bonds. The third-order valence-electron chi connectivity index (χ3n) is 5.24. The van der Waals surface area contributed by atoms with Gasteiger partial charge in [-0.15, -0.1) is 11.3 Å². The van der Waals surface area contributed by atoms with Gasteiger partial charge in [0.05, 0.1) is 0 Å². The van der Waals surface area contributed by atoms with Crippen molar-refractivity contribution in [3.05, 3.63) is 22.4 Å². The predicted molar refractivity (Wildman–Crippen MR) is 102 cm³/mol. The number of carbonyl (C=O) groups excluding carboxylic acids is 1. The van der Waals surface area contributed by atoms with E-state index in [0.29, 0.717) is 0 Å². The Balaban J connectivity index is 2.04. The summed E-state index contributed by atoms with van der Waals surface area (Å²) >= 11 is 1.77. The standard InChI is InChI=1S/C18H30N4OS/c1-17(2)13-22(18(17,3)4)16(20-12-15(23)21(5)6)19-10-9-14-8-7-11-24-14/h7-8,11H,9-10,12-13H2,1-6H3,(H,19,20). The molecule has 0 atom stereocenters. The van der Waals surface area contributed by atoms with E-state index in [0.717, 1.165) is 25.5 Å². The zero-order valence-corrected chi connectivity index (χ0v) is 16.5. The molecule has 24 heavy (non-hydrogen) atoms. The number of likely N-dealkylation sites (N-methyl/N-ethyl adjacent to an activating group) is 1. The Morgan fingerprint density at radius 2 is 2.08 bits per heavy atom. The monoisotopic (exact) mass is 350 g/mol. The summed E-state index contributed by atoms with van der Waals surface area (Å²) in [6.07, 6.45) is 0.968. The van der Waals surface area contributed by atoms with Gasteiger partial charge in [-0.3, -0.25) is 4.79 Å². The number of nitrogens with zero attached hydrogens (tertiary/aromatic N) is 3. The summed E-state index contributed by atoms with van der Waals surface area (Å²) in [5, 5.41) is 5.56. The zero-order valence-electron chi connectivity index (χ0n) is 15.7. The second kappa shape index (κ2) is 7.13. The number of nitrogens with one attached hydrogen (secondary N) is 1. The molecular weight excluding hydrogens is 320 g/mol. The largest absolute Gasteiger partial charge is 0.356 e. The molecule has 0 bridgehead atoms. The highest BCUT2D eigenvalue weighted by Gasteiger charge is 2.53. The molecule has 1 N–H and O–H groups in total. The van der Waals surface area contributed by atoms with Crippen molar-refractivity contribution in [3.63, 3.8) is 0 Å². The van der Waals surface area contributed by atoms with Gasteiger partial charge in [-0.25, -0.2) is 4.99 Å². The van der Waals surface area contributed by atoms with Gasteiger partial charge >= 0.3 is 0 Å². The summed E-state index contributed by atoms with van der Waals surface area (Å²) in [4.78, 5) is 21.7. The molecule has 1 aromatic rings. The minimum Gasteiger partial charge on any atom is -0.356 e. The SMILES string of the molecule is CN(C)C(=O)CN=C(NCCc1cccs1)N1CC(C)(C)C1(C)C. The average Bonchev–Trinajstić information content (AvgIpc) is 3.01. The van der Waals surface area contributed by atoms with Crippen molar-refractivity contribution in [2.75, 3.05) is 33.7 Å². The molecule has 0 saturated carbocycles. The number of guanidine groups is 1. The number of carbonyl (C=O) groups is 1. The molecule has 1 aromatic heterocycles. The molecule has 0 aromatic carbocycles. The minimum atomic E-state index is 0.0168. The first-order chi connectivity index (χ1) is 11.1. The number of likely N-dealkylation sites (tertiary alicyclic amines) is 1. The van der Waals surface area contributed by atoms with Crippen molar-refractivity contribution in [3.8, 4) is 0 Å². The van der Waals surface area contributed by atoms with E-state index in [4.69, 9.17) is 0 Å². The van der Waals surface area contributed by atoms with Crippen LogP contribution in [0.3, 0.4) is 0 Å². The molecule has 2 heterocycles. The van der Waals surface area contributed by atoms with E-state index in [1.807, 2.05) is 0 Å². The fraction of sp³-hybridized carbons (Fsp3) is 0.667. The van der Waals surface area contributed by atoms with Gasteiger partial charge in [-0.1, -0.05) is 19.9 Å². The van der Waals surface area contributed by atoms with Crippen LogP contribution in [0.15, 0.2) is 22.5 Å². The molecular formula is C18H30N4OS. The highest BCUT2D eigenvalue weighted by atomic mass is 32.1. The maximum Gasteiger partial charge on any atom is 0.243 e. The lowest BCUT2D eigenvalue weighted by Gasteiger charge is -2.62. The molecule has 0 radical (unpaired) electrons. The van der Waals surface area contributed by atoms with E-state index in [9.17, 15) is 4.79 Å². The van der Waals surface area contributed by atoms with Crippen molar-refractivity contribution in [1.29, 1.82) is 0 Å². The van der Waals surface area contributed by atoms with Crippen LogP contribution in [0.25, 0.3) is 0 Å². The first kappa shape index (κ1) is 18.8. The fourth-order valence-corrected chi connectivity index (χ4v) is 3.38. The van der Waals surface area contributed by atoms with E-state index < -0.39 is 0 Å². The summed E-state index contributed by atoms with van der Waals surface area (Å²) in [6.45, 7) is 11.0. The molecule has 2 rings (SSSR count). The molecule has 6 heteroatoms. The van der Waals surface area contributed by atoms with Crippen LogP contribution in [0.1, 0.15) is 32.6 Å². The maximum atomic E-state index is 11.9. The third-order valence-corrected chi connectivity index (χ3v) is 6.17. The lowest BCUT2D eigenvalue weighted by Crippen LogP contribution is -2.72. The van der Waals surface area contributed by atoms with Crippen LogP contribution >= 0.6 is 11.3 Å². The summed E-state index contributed by atoms with van der Waals surface area (Å²) < 4.78 is 0. The Morgan fingerprint density at radius 3 is 2.58 bits per heavy atom. The quantitative estimate of drug-likeness (QED) is 0.655. The average molecular weight is 351 g/mol. The van der Waals surface area contributed by atoms with E-state index in [1.165, 1.54) is 4.88 Å². The van der Waals surface area contributed by atoms with Crippen LogP contribution < -0.4 is 5.32 Å². The molecule has 5 nitrogen and oxygen atoms in total. The summed E-state index contributed by atoms with van der Waals surface area (Å²) in [5.41, 5.74) is 0.248. The molecule has 1 fully saturated rings. The number of hydrogen-bond donors (Lipinski definition) is 1. The number of rotatable bonds is 5. The lowest BCUT2D eigenvalue weighted by atomic mass is 9.65. The number of thiophene rings is 1. The van der Waals surface area contributed by atoms with Crippen molar-refractivity contribution < 1.29 is 4.79 Å². The minimum absolute atomic E-state index is 0.0168. The van der Waals surface area contributed by atoms with Crippen LogP contribution in [0, 0.1) is 5.41 Å². The second-order valence-electron chi connectivity index (χ2n) is 7.71. The van der Waals surface area contributed by atoms with Crippen LogP contribution in [-0.2, 0) is 11.2 Å². The molecule has 0 spiro atoms. The smallest absolute Gasteiger partial charge is 0.243 e. The molecule has 1 aliphatic heterocycles. The first-order valence-corrected chi connectivity index (χ1v) is 9.31. The zero-order chi connectivity index (χ0) is 18.0. The van der Waals surface area contributed by atoms with Crippen LogP contribution in [0.5, 0.6) is 0 Å². The maximum absolute atomic E-state index is 11.9. The summed E-state index contributed by atoms with van der Waals surface area (Å²) in [5.74, 6) is 0.858. The van der Waals surface area contributed by atoms with Gasteiger partial charge in [0.2, 0.25) is 5.91 Å². The highest BCUT2D eigenvalue weighted by Crippen LogP contribution is 2.46. The number of aliphatic imine (C=N–C) groups is 1. The van der Waals surface area contributed by atoms with E-state index in [1.54, 1.807) is 30.3 Å². The van der Waals surface area contributed by atoms with Gasteiger partial charge in [0.1, 0.15) is 6.54 Å². The number of hydrogen-bond acceptors (Lipinski definition) is 3. The molecule has 1 aliphatic rings. The lowest BCUT2D eigenvalue weighted by molar-refractivity contribution is -0.127. The van der Waals surface area contributed by atoms with Gasteiger partial charge in [0.25, 0.3) is 0 Å². The summed E-state index contributed by atoms with van der Waals surface area (Å²) in [7, 11) is 3.52. The van der Waals surface area contributed by atoms with Gasteiger partial charge < -0.3 is 15.1 Å². The van der Waals surface area contributed by atoms with Gasteiger partial charge in [-0.05, 0) is 31.7 Å². The fourth-order valence-electron chi connectivity index (χ4n) is 2.67. The van der Waals surface area contributed by atoms with E-state index >= 15 is 0 Å². The Bertz CT molecular complexity index is 590. The van der Waals surface area contributed by atoms with Gasteiger partial charge in [-0.2, -0.15) is 0 Å². The van der Waals surface area contributed by atoms with Crippen molar-refractivity contribution in [2.45, 2.75) is 39.7 Å². The topological polar surface area (TPSA) is 47.9 Å². The normalized spacial score (nSPS) is 18.9. The van der Waals surface area contributed by atoms with Crippen molar-refractivity contribution in [1.82, 2.24) is 15.1 Å². The molecule has 134 valence electrons. The molecule has 0 aliphatic carbocycles. The molecule has 0 unspecified atom stereocenters. The summed E-state index contributed by atoms with van der Waals surface area (Å²) in [6, 6.07) is 4.22. The van der Waals surface area contributed by atoms with Crippen LogP contribution in [0.2, 0.25) is 0 Å². The predicted octanol–water partition coefficient (Wildman–Crippen LogP) is 2.44. The van der Waals surface area contributed by atoms with Gasteiger partial charge in [0.15, 0.2) is 5.96 Å². The van der Waals surface area contributed by atoms with E-state index in [2.05, 4.69) is 60.4 Å². The van der Waals surface area contributed by atoms with E-state index in [-0.39, 0.29) is 23.4 Å². The second-order valence-corrected chi connectivity index (χ2v) is 8.75. The van der Waals surface area contributed by atoms with Crippen molar-refractivity contribution in [2.24, 2.45) is 10.4 Å². The van der Waals surface area contributed by atoms with Crippen LogP contribution in [-0.4, -0.2) is 60.9 Å². The van der Waals surface area contributed by atoms with Gasteiger partial charge in [0, 0.05) is 43.0 Å². The Hall–Kier alpha value is -1.56. The first-order valence-electron chi connectivity index (χ1n) is 8.43. The van der Waals surface area contributed by atoms with Crippen LogP contribution in [0.4, 0.5) is 0 Å². The Morgan fingerprint density at radius 1 is 1.38 bits per heavy atom. The molecule has 1 saturated heterocycles. The van der Waals surface area contributed by atoms with Crippen molar-refractivity contribution >= 4 is 23.2 Å². The number of amides is 1. The third kappa shape index (κ3) is 3.91.